The number of esters is 1. The maximum Gasteiger partial charge on any atom is 0.416 e. The molecule has 0 radical (unpaired) electrons. The van der Waals surface area contributed by atoms with Crippen LogP contribution in [0.25, 0.3) is 0 Å². The fourth-order valence-electron chi connectivity index (χ4n) is 2.10. The fourth-order valence-corrected chi connectivity index (χ4v) is 2.10. The monoisotopic (exact) mass is 402 g/mol. The second kappa shape index (κ2) is 9.54. The molecular weight excluding hydrogens is 385 g/mol. The molecule has 1 amide bonds. The minimum Gasteiger partial charge on any atom is -0.451 e. The number of rotatable bonds is 8. The van der Waals surface area contributed by atoms with E-state index >= 15 is 0 Å². The van der Waals surface area contributed by atoms with Crippen molar-refractivity contribution in [3.63, 3.8) is 0 Å². The summed E-state index contributed by atoms with van der Waals surface area (Å²) in [5, 5.41) is 21.8. The lowest BCUT2D eigenvalue weighted by Gasteiger charge is -2.20. The summed E-state index contributed by atoms with van der Waals surface area (Å²) in [6.07, 6.45) is -5.82. The molecule has 0 unspecified atom stereocenters. The summed E-state index contributed by atoms with van der Waals surface area (Å²) in [5.74, 6) is -1.49. The molecule has 12 heteroatoms. The Morgan fingerprint density at radius 1 is 1.43 bits per heavy atom. The lowest BCUT2D eigenvalue weighted by molar-refractivity contribution is -0.384. The van der Waals surface area contributed by atoms with Crippen LogP contribution in [-0.2, 0) is 20.5 Å². The van der Waals surface area contributed by atoms with E-state index in [9.17, 15) is 32.9 Å². The van der Waals surface area contributed by atoms with E-state index in [0.717, 1.165) is 6.07 Å². The molecule has 152 valence electrons. The van der Waals surface area contributed by atoms with Gasteiger partial charge in [-0.05, 0) is 19.1 Å². The summed E-state index contributed by atoms with van der Waals surface area (Å²) in [5.41, 5.74) is -2.37. The third-order valence-corrected chi connectivity index (χ3v) is 3.54. The van der Waals surface area contributed by atoms with Gasteiger partial charge in [0.2, 0.25) is 0 Å². The number of carbonyl (C=O) groups is 2. The molecule has 28 heavy (non-hydrogen) atoms. The van der Waals surface area contributed by atoms with Crippen LogP contribution < -0.4 is 5.32 Å². The van der Waals surface area contributed by atoms with Gasteiger partial charge in [0.15, 0.2) is 6.10 Å². The molecule has 1 aromatic carbocycles. The Morgan fingerprint density at radius 2 is 2.07 bits per heavy atom. The molecule has 0 aliphatic carbocycles. The summed E-state index contributed by atoms with van der Waals surface area (Å²) in [6.45, 7) is 0.850. The van der Waals surface area contributed by atoms with Gasteiger partial charge in [0, 0.05) is 19.7 Å². The highest BCUT2D eigenvalue weighted by Crippen LogP contribution is 2.34. The van der Waals surface area contributed by atoms with Crippen LogP contribution >= 0.6 is 0 Å². The molecule has 1 aromatic rings. The van der Waals surface area contributed by atoms with Crippen molar-refractivity contribution >= 4 is 23.3 Å². The summed E-state index contributed by atoms with van der Waals surface area (Å²) in [7, 11) is 1.42. The summed E-state index contributed by atoms with van der Waals surface area (Å²) in [4.78, 5) is 34.9. The topological polar surface area (TPSA) is 126 Å². The maximum absolute atomic E-state index is 12.7. The number of nitrogens with zero attached hydrogens (tertiary/aromatic N) is 3. The normalized spacial score (nSPS) is 11.9. The van der Waals surface area contributed by atoms with Gasteiger partial charge in [-0.3, -0.25) is 19.7 Å². The highest BCUT2D eigenvalue weighted by atomic mass is 19.4. The molecule has 1 rings (SSSR count). The average Bonchev–Trinajstić information content (AvgIpc) is 2.62. The number of nitro groups is 1. The third-order valence-electron chi connectivity index (χ3n) is 3.54. The standard InChI is InChI=1S/C16H17F3N4O5/c1-10(15(25)22(2)7-3-6-20)28-14(24)9-21-12-5-4-11(16(17,18)19)8-13(12)23(26)27/h4-5,8,10,21H,3,7,9H2,1-2H3/t10-/m1/s1. The van der Waals surface area contributed by atoms with Gasteiger partial charge >= 0.3 is 12.1 Å². The van der Waals surface area contributed by atoms with Gasteiger partial charge < -0.3 is 15.0 Å². The van der Waals surface area contributed by atoms with E-state index in [0.29, 0.717) is 12.1 Å². The Labute approximate surface area is 157 Å². The van der Waals surface area contributed by atoms with E-state index in [1.807, 2.05) is 6.07 Å². The minimum absolute atomic E-state index is 0.0993. The lowest BCUT2D eigenvalue weighted by atomic mass is 10.1. The molecule has 0 saturated carbocycles. The van der Waals surface area contributed by atoms with Crippen molar-refractivity contribution in [3.05, 3.63) is 33.9 Å². The molecule has 0 spiro atoms. The number of carbonyl (C=O) groups excluding carboxylic acids is 2. The van der Waals surface area contributed by atoms with Crippen molar-refractivity contribution in [1.82, 2.24) is 4.90 Å². The van der Waals surface area contributed by atoms with Crippen LogP contribution in [0.2, 0.25) is 0 Å². The lowest BCUT2D eigenvalue weighted by Crippen LogP contribution is -2.38. The number of hydrogen-bond donors (Lipinski definition) is 1. The van der Waals surface area contributed by atoms with Crippen molar-refractivity contribution in [2.24, 2.45) is 0 Å². The molecule has 0 aliphatic heterocycles. The third kappa shape index (κ3) is 6.42. The number of alkyl halides is 3. The highest BCUT2D eigenvalue weighted by molar-refractivity contribution is 5.84. The number of hydrogen-bond acceptors (Lipinski definition) is 7. The second-order valence-electron chi connectivity index (χ2n) is 5.64. The molecule has 1 N–H and O–H groups in total. The number of nitriles is 1. The number of nitrogens with one attached hydrogen (secondary N) is 1. The quantitative estimate of drug-likeness (QED) is 0.402. The number of benzene rings is 1. The first-order valence-corrected chi connectivity index (χ1v) is 7.88. The molecule has 1 atom stereocenters. The first kappa shape index (κ1) is 22.7. The molecule has 0 fully saturated rings. The van der Waals surface area contributed by atoms with Crippen LogP contribution in [0.4, 0.5) is 24.5 Å². The minimum atomic E-state index is -4.75. The van der Waals surface area contributed by atoms with Gasteiger partial charge in [-0.1, -0.05) is 0 Å². The van der Waals surface area contributed by atoms with E-state index in [4.69, 9.17) is 10.00 Å². The molecule has 0 heterocycles. The Kier molecular flexibility index (Phi) is 7.73. The van der Waals surface area contributed by atoms with Crippen LogP contribution in [0.3, 0.4) is 0 Å². The fraction of sp³-hybridized carbons (Fsp3) is 0.438. The van der Waals surface area contributed by atoms with Crippen LogP contribution in [0, 0.1) is 21.4 Å². The number of anilines is 1. The van der Waals surface area contributed by atoms with Crippen molar-refractivity contribution < 1.29 is 32.4 Å². The van der Waals surface area contributed by atoms with Crippen LogP contribution in [0.5, 0.6) is 0 Å². The first-order valence-electron chi connectivity index (χ1n) is 7.88. The van der Waals surface area contributed by atoms with Gasteiger partial charge in [0.05, 0.1) is 23.0 Å². The SMILES string of the molecule is C[C@@H](OC(=O)CNc1ccc(C(F)(F)F)cc1[N+](=O)[O-])C(=O)N(C)CCC#N. The second-order valence-corrected chi connectivity index (χ2v) is 5.64. The maximum atomic E-state index is 12.7. The molecule has 0 bridgehead atoms. The van der Waals surface area contributed by atoms with Crippen molar-refractivity contribution in [3.8, 4) is 6.07 Å². The zero-order chi connectivity index (χ0) is 21.5. The van der Waals surface area contributed by atoms with Gasteiger partial charge in [0.1, 0.15) is 12.2 Å². The smallest absolute Gasteiger partial charge is 0.416 e. The summed E-state index contributed by atoms with van der Waals surface area (Å²) in [6, 6.07) is 3.68. The van der Waals surface area contributed by atoms with Crippen molar-refractivity contribution in [1.29, 1.82) is 5.26 Å². The highest BCUT2D eigenvalue weighted by Gasteiger charge is 2.33. The van der Waals surface area contributed by atoms with Gasteiger partial charge in [0.25, 0.3) is 11.6 Å². The van der Waals surface area contributed by atoms with Gasteiger partial charge in [-0.2, -0.15) is 18.4 Å². The van der Waals surface area contributed by atoms with Crippen LogP contribution in [0.15, 0.2) is 18.2 Å². The summed E-state index contributed by atoms with van der Waals surface area (Å²) < 4.78 is 42.9. The molecule has 0 saturated heterocycles. The first-order chi connectivity index (χ1) is 13.0. The van der Waals surface area contributed by atoms with E-state index in [1.165, 1.54) is 18.9 Å². The van der Waals surface area contributed by atoms with E-state index in [-0.39, 0.29) is 18.7 Å². The molecule has 0 aliphatic rings. The molecule has 0 aromatic heterocycles. The Bertz CT molecular complexity index is 791. The van der Waals surface area contributed by atoms with E-state index in [1.54, 1.807) is 0 Å². The summed E-state index contributed by atoms with van der Waals surface area (Å²) >= 11 is 0. The van der Waals surface area contributed by atoms with Crippen molar-refractivity contribution in [2.45, 2.75) is 25.6 Å². The average molecular weight is 402 g/mol. The zero-order valence-electron chi connectivity index (χ0n) is 14.9. The predicted molar refractivity (Wildman–Crippen MR) is 90.0 cm³/mol. The number of nitro benzene ring substituents is 1. The van der Waals surface area contributed by atoms with Crippen LogP contribution in [-0.4, -0.2) is 47.9 Å². The number of likely N-dealkylation sites (N-methyl/N-ethyl adjacent to an activating group) is 1. The zero-order valence-corrected chi connectivity index (χ0v) is 14.9. The van der Waals surface area contributed by atoms with Gasteiger partial charge in [-0.25, -0.2) is 0 Å². The number of halogens is 3. The number of amides is 1. The largest absolute Gasteiger partial charge is 0.451 e. The Hall–Kier alpha value is -3.36. The molecule has 9 nitrogen and oxygen atoms in total. The predicted octanol–water partition coefficient (Wildman–Crippen LogP) is 2.33. The van der Waals surface area contributed by atoms with E-state index < -0.39 is 46.9 Å². The Morgan fingerprint density at radius 3 is 2.61 bits per heavy atom. The Balaban J connectivity index is 2.73. The van der Waals surface area contributed by atoms with Gasteiger partial charge in [-0.15, -0.1) is 0 Å². The molecular formula is C16H17F3N4O5. The number of ether oxygens (including phenoxy) is 1. The van der Waals surface area contributed by atoms with Crippen LogP contribution in [0.1, 0.15) is 18.9 Å². The van der Waals surface area contributed by atoms with Crippen molar-refractivity contribution in [2.75, 3.05) is 25.5 Å². The van der Waals surface area contributed by atoms with E-state index in [2.05, 4.69) is 5.32 Å².